The molecule has 0 aliphatic rings. The maximum Gasteiger partial charge on any atom is 0.282 e. The normalized spacial score (nSPS) is 10.2. The van der Waals surface area contributed by atoms with Crippen molar-refractivity contribution in [3.63, 3.8) is 0 Å². The molecule has 0 aromatic heterocycles. The molecule has 1 amide bonds. The summed E-state index contributed by atoms with van der Waals surface area (Å²) in [7, 11) is 0. The maximum absolute atomic E-state index is 12.2. The van der Waals surface area contributed by atoms with Crippen molar-refractivity contribution in [3.05, 3.63) is 69.3 Å². The Hall–Kier alpha value is -2.73. The van der Waals surface area contributed by atoms with E-state index in [2.05, 4.69) is 5.32 Å². The zero-order chi connectivity index (χ0) is 15.4. The number of hydrogen-bond acceptors (Lipinski definition) is 4. The molecule has 2 N–H and O–H groups in total. The lowest BCUT2D eigenvalue weighted by Gasteiger charge is -2.08. The van der Waals surface area contributed by atoms with E-state index >= 15 is 0 Å². The van der Waals surface area contributed by atoms with Crippen LogP contribution in [0.3, 0.4) is 0 Å². The van der Waals surface area contributed by atoms with Crippen molar-refractivity contribution in [1.82, 2.24) is 0 Å². The number of benzene rings is 2. The SMILES string of the molecule is Cc1cccc([N+](=O)[O-])c1C(=O)Nc1ccc(CO)cc1. The van der Waals surface area contributed by atoms with Crippen molar-refractivity contribution in [2.24, 2.45) is 0 Å². The second kappa shape index (κ2) is 6.15. The molecule has 0 aliphatic carbocycles. The second-order valence-electron chi connectivity index (χ2n) is 4.54. The minimum absolute atomic E-state index is 0.0498. The molecule has 0 saturated carbocycles. The lowest BCUT2D eigenvalue weighted by atomic mass is 10.1. The van der Waals surface area contributed by atoms with Crippen molar-refractivity contribution in [3.8, 4) is 0 Å². The number of nitro groups is 1. The Labute approximate surface area is 121 Å². The molecule has 0 unspecified atom stereocenters. The van der Waals surface area contributed by atoms with Crippen LogP contribution < -0.4 is 5.32 Å². The summed E-state index contributed by atoms with van der Waals surface area (Å²) in [6.07, 6.45) is 0. The highest BCUT2D eigenvalue weighted by molar-refractivity contribution is 6.08. The summed E-state index contributed by atoms with van der Waals surface area (Å²) in [5, 5.41) is 22.6. The van der Waals surface area contributed by atoms with Crippen molar-refractivity contribution in [1.29, 1.82) is 0 Å². The van der Waals surface area contributed by atoms with Gasteiger partial charge < -0.3 is 10.4 Å². The molecule has 2 rings (SSSR count). The molecule has 0 saturated heterocycles. The lowest BCUT2D eigenvalue weighted by Crippen LogP contribution is -2.15. The number of nitrogens with one attached hydrogen (secondary N) is 1. The van der Waals surface area contributed by atoms with Gasteiger partial charge in [0.25, 0.3) is 11.6 Å². The molecule has 0 fully saturated rings. The predicted molar refractivity (Wildman–Crippen MR) is 78.2 cm³/mol. The Balaban J connectivity index is 2.29. The summed E-state index contributed by atoms with van der Waals surface area (Å²) in [6, 6.07) is 11.1. The fraction of sp³-hybridized carbons (Fsp3) is 0.133. The number of amides is 1. The van der Waals surface area contributed by atoms with Gasteiger partial charge in [-0.1, -0.05) is 24.3 Å². The van der Waals surface area contributed by atoms with E-state index in [0.29, 0.717) is 11.3 Å². The van der Waals surface area contributed by atoms with E-state index < -0.39 is 10.8 Å². The number of aliphatic hydroxyl groups excluding tert-OH is 1. The maximum atomic E-state index is 12.2. The van der Waals surface area contributed by atoms with Crippen LogP contribution in [0.1, 0.15) is 21.5 Å². The first-order chi connectivity index (χ1) is 10.0. The summed E-state index contributed by atoms with van der Waals surface area (Å²) in [6.45, 7) is 1.56. The molecule has 6 heteroatoms. The topological polar surface area (TPSA) is 92.5 Å². The van der Waals surface area contributed by atoms with Gasteiger partial charge in [-0.15, -0.1) is 0 Å². The smallest absolute Gasteiger partial charge is 0.282 e. The predicted octanol–water partition coefficient (Wildman–Crippen LogP) is 2.65. The molecule has 21 heavy (non-hydrogen) atoms. The van der Waals surface area contributed by atoms with Crippen LogP contribution in [0.5, 0.6) is 0 Å². The van der Waals surface area contributed by atoms with Gasteiger partial charge >= 0.3 is 0 Å². The standard InChI is InChI=1S/C15H14N2O4/c1-10-3-2-4-13(17(20)21)14(10)15(19)16-12-7-5-11(9-18)6-8-12/h2-8,18H,9H2,1H3,(H,16,19). The van der Waals surface area contributed by atoms with Crippen molar-refractivity contribution >= 4 is 17.3 Å². The monoisotopic (exact) mass is 286 g/mol. The molecule has 108 valence electrons. The average molecular weight is 286 g/mol. The zero-order valence-corrected chi connectivity index (χ0v) is 11.4. The second-order valence-corrected chi connectivity index (χ2v) is 4.54. The van der Waals surface area contributed by atoms with Crippen molar-refractivity contribution in [2.75, 3.05) is 5.32 Å². The van der Waals surface area contributed by atoms with E-state index in [-0.39, 0.29) is 17.9 Å². The summed E-state index contributed by atoms with van der Waals surface area (Å²) in [5.74, 6) is -0.531. The number of aliphatic hydroxyl groups is 1. The quantitative estimate of drug-likeness (QED) is 0.667. The summed E-state index contributed by atoms with van der Waals surface area (Å²) in [5.41, 5.74) is 1.59. The van der Waals surface area contributed by atoms with Crippen molar-refractivity contribution in [2.45, 2.75) is 13.5 Å². The number of aryl methyl sites for hydroxylation is 1. The van der Waals surface area contributed by atoms with Crippen LogP contribution in [-0.2, 0) is 6.61 Å². The number of rotatable bonds is 4. The van der Waals surface area contributed by atoms with Gasteiger partial charge in [0.1, 0.15) is 5.56 Å². The minimum Gasteiger partial charge on any atom is -0.392 e. The molecule has 2 aromatic rings. The largest absolute Gasteiger partial charge is 0.392 e. The fourth-order valence-corrected chi connectivity index (χ4v) is 1.99. The molecule has 0 bridgehead atoms. The number of nitrogens with zero attached hydrogens (tertiary/aromatic N) is 1. The third kappa shape index (κ3) is 3.24. The van der Waals surface area contributed by atoms with Gasteiger partial charge in [0.2, 0.25) is 0 Å². The molecular weight excluding hydrogens is 272 g/mol. The van der Waals surface area contributed by atoms with E-state index in [1.807, 2.05) is 0 Å². The summed E-state index contributed by atoms with van der Waals surface area (Å²) < 4.78 is 0. The zero-order valence-electron chi connectivity index (χ0n) is 11.4. The van der Waals surface area contributed by atoms with Crippen LogP contribution in [0.4, 0.5) is 11.4 Å². The fourth-order valence-electron chi connectivity index (χ4n) is 1.99. The summed E-state index contributed by atoms with van der Waals surface area (Å²) in [4.78, 5) is 22.7. The highest BCUT2D eigenvalue weighted by Crippen LogP contribution is 2.23. The first-order valence-electron chi connectivity index (χ1n) is 6.28. The molecule has 0 atom stereocenters. The van der Waals surface area contributed by atoms with Crippen LogP contribution in [0, 0.1) is 17.0 Å². The molecule has 2 aromatic carbocycles. The first-order valence-corrected chi connectivity index (χ1v) is 6.28. The Morgan fingerprint density at radius 1 is 1.24 bits per heavy atom. The number of nitro benzene ring substituents is 1. The van der Waals surface area contributed by atoms with Crippen LogP contribution in [0.15, 0.2) is 42.5 Å². The number of carbonyl (C=O) groups is 1. The average Bonchev–Trinajstić information content (AvgIpc) is 2.47. The lowest BCUT2D eigenvalue weighted by molar-refractivity contribution is -0.385. The van der Waals surface area contributed by atoms with Gasteiger partial charge in [-0.2, -0.15) is 0 Å². The molecule has 0 aliphatic heterocycles. The van der Waals surface area contributed by atoms with Gasteiger partial charge in [0, 0.05) is 11.8 Å². The molecule has 0 radical (unpaired) electrons. The Kier molecular flexibility index (Phi) is 4.30. The highest BCUT2D eigenvalue weighted by atomic mass is 16.6. The van der Waals surface area contributed by atoms with Crippen molar-refractivity contribution < 1.29 is 14.8 Å². The van der Waals surface area contributed by atoms with Gasteiger partial charge in [0.15, 0.2) is 0 Å². The van der Waals surface area contributed by atoms with Gasteiger partial charge in [0.05, 0.1) is 11.5 Å². The van der Waals surface area contributed by atoms with Crippen LogP contribution in [0.25, 0.3) is 0 Å². The Morgan fingerprint density at radius 3 is 2.48 bits per heavy atom. The molecule has 0 spiro atoms. The van der Waals surface area contributed by atoms with E-state index in [4.69, 9.17) is 5.11 Å². The van der Waals surface area contributed by atoms with E-state index in [1.165, 1.54) is 6.07 Å². The van der Waals surface area contributed by atoms with E-state index in [9.17, 15) is 14.9 Å². The summed E-state index contributed by atoms with van der Waals surface area (Å²) >= 11 is 0. The number of hydrogen-bond donors (Lipinski definition) is 2. The van der Waals surface area contributed by atoms with Crippen LogP contribution in [-0.4, -0.2) is 15.9 Å². The number of carbonyl (C=O) groups excluding carboxylic acids is 1. The third-order valence-electron chi connectivity index (χ3n) is 3.07. The Bertz CT molecular complexity index is 681. The van der Waals surface area contributed by atoms with E-state index in [0.717, 1.165) is 5.56 Å². The number of anilines is 1. The highest BCUT2D eigenvalue weighted by Gasteiger charge is 2.22. The van der Waals surface area contributed by atoms with Gasteiger partial charge in [-0.25, -0.2) is 0 Å². The van der Waals surface area contributed by atoms with Gasteiger partial charge in [-0.05, 0) is 30.2 Å². The van der Waals surface area contributed by atoms with E-state index in [1.54, 1.807) is 43.3 Å². The first kappa shape index (κ1) is 14.7. The minimum atomic E-state index is -0.573. The Morgan fingerprint density at radius 2 is 1.90 bits per heavy atom. The third-order valence-corrected chi connectivity index (χ3v) is 3.07. The molecule has 6 nitrogen and oxygen atoms in total. The van der Waals surface area contributed by atoms with Crippen LogP contribution in [0.2, 0.25) is 0 Å². The van der Waals surface area contributed by atoms with Crippen LogP contribution >= 0.6 is 0 Å². The molecular formula is C15H14N2O4. The molecule has 0 heterocycles. The van der Waals surface area contributed by atoms with Gasteiger partial charge in [-0.3, -0.25) is 14.9 Å².